The Morgan fingerprint density at radius 1 is 0.891 bits per heavy atom. The van der Waals surface area contributed by atoms with Crippen LogP contribution in [0.4, 0.5) is 10.5 Å². The summed E-state index contributed by atoms with van der Waals surface area (Å²) >= 11 is 0. The monoisotopic (exact) mass is 623 g/mol. The predicted molar refractivity (Wildman–Crippen MR) is 180 cm³/mol. The summed E-state index contributed by atoms with van der Waals surface area (Å²) in [4.78, 5) is 15.5. The van der Waals surface area contributed by atoms with E-state index < -0.39 is 6.29 Å². The van der Waals surface area contributed by atoms with Crippen LogP contribution in [0.2, 0.25) is 0 Å². The highest BCUT2D eigenvalue weighted by molar-refractivity contribution is 5.89. The molecule has 4 bridgehead atoms. The molecule has 3 aromatic carbocycles. The van der Waals surface area contributed by atoms with Gasteiger partial charge >= 0.3 is 6.03 Å². The van der Waals surface area contributed by atoms with Crippen molar-refractivity contribution in [1.29, 1.82) is 0 Å². The number of benzene rings is 3. The SMILES string of the molecule is C[C@@H]1[C@H](CN(C)[C@@H](C)c2ccccc2)O[C@H](c2ccc(NC(=O)NC34CC5CC(CC(C5)C3)C4)cc2)O[C@@H]1c1ccc(CO)cc1. The number of urea groups is 1. The van der Waals surface area contributed by atoms with Crippen LogP contribution in [0.15, 0.2) is 78.9 Å². The molecule has 1 saturated heterocycles. The smallest absolute Gasteiger partial charge is 0.319 e. The number of carbonyl (C=O) groups excluding carboxylic acids is 1. The fraction of sp³-hybridized carbons (Fsp3) is 0.513. The first-order valence-electron chi connectivity index (χ1n) is 17.2. The number of hydrogen-bond acceptors (Lipinski definition) is 5. The molecule has 1 aliphatic heterocycles. The second-order valence-electron chi connectivity index (χ2n) is 14.7. The Bertz CT molecular complexity index is 1440. The van der Waals surface area contributed by atoms with Gasteiger partial charge in [0.15, 0.2) is 6.29 Å². The summed E-state index contributed by atoms with van der Waals surface area (Å²) in [6, 6.07) is 26.6. The molecule has 4 aliphatic carbocycles. The van der Waals surface area contributed by atoms with Crippen molar-refractivity contribution in [3.05, 3.63) is 101 Å². The minimum atomic E-state index is -0.556. The van der Waals surface area contributed by atoms with Crippen molar-refractivity contribution in [3.8, 4) is 0 Å². The van der Waals surface area contributed by atoms with Gasteiger partial charge in [0.05, 0.1) is 18.8 Å². The van der Waals surface area contributed by atoms with Gasteiger partial charge in [0.25, 0.3) is 0 Å². The number of anilines is 1. The largest absolute Gasteiger partial charge is 0.392 e. The lowest BCUT2D eigenvalue weighted by Crippen LogP contribution is -2.60. The second-order valence-corrected chi connectivity index (χ2v) is 14.7. The molecule has 5 atom stereocenters. The molecule has 0 spiro atoms. The third-order valence-electron chi connectivity index (χ3n) is 11.4. The van der Waals surface area contributed by atoms with Crippen LogP contribution in [0.25, 0.3) is 0 Å². The van der Waals surface area contributed by atoms with Crippen LogP contribution in [0.5, 0.6) is 0 Å². The molecule has 2 amide bonds. The highest BCUT2D eigenvalue weighted by atomic mass is 16.7. The standard InChI is InChI=1S/C39H49N3O4/c1-25-35(23-42(3)26(2)31-7-5-4-6-8-31)45-37(46-36(25)32-11-9-27(24-43)10-12-32)33-13-15-34(16-14-33)40-38(44)41-39-20-28-17-29(21-39)19-30(18-28)22-39/h4-16,25-26,28-30,35-37,43H,17-24H2,1-3H3,(H2,40,41,44)/t25-,26+,28?,29?,30?,35+,36+,37+,39?/m1/s1. The summed E-state index contributed by atoms with van der Waals surface area (Å²) < 4.78 is 13.4. The molecular formula is C39H49N3O4. The molecule has 46 heavy (non-hydrogen) atoms. The van der Waals surface area contributed by atoms with E-state index in [0.29, 0.717) is 0 Å². The van der Waals surface area contributed by atoms with Crippen LogP contribution in [0.3, 0.4) is 0 Å². The Balaban J connectivity index is 1.05. The molecule has 4 saturated carbocycles. The molecule has 5 aliphatic rings. The van der Waals surface area contributed by atoms with Gasteiger partial charge in [-0.2, -0.15) is 0 Å². The van der Waals surface area contributed by atoms with Crippen molar-refractivity contribution in [2.24, 2.45) is 23.7 Å². The first-order valence-corrected chi connectivity index (χ1v) is 17.2. The number of aliphatic hydroxyl groups excluding tert-OH is 1. The molecule has 0 unspecified atom stereocenters. The van der Waals surface area contributed by atoms with E-state index >= 15 is 0 Å². The number of carbonyl (C=O) groups is 1. The van der Waals surface area contributed by atoms with E-state index in [1.807, 2.05) is 42.5 Å². The van der Waals surface area contributed by atoms with E-state index in [1.165, 1.54) is 24.8 Å². The molecule has 8 rings (SSSR count). The normalized spacial score (nSPS) is 32.3. The van der Waals surface area contributed by atoms with Gasteiger partial charge in [0.2, 0.25) is 0 Å². The molecular weight excluding hydrogens is 574 g/mol. The van der Waals surface area contributed by atoms with Crippen LogP contribution >= 0.6 is 0 Å². The summed E-state index contributed by atoms with van der Waals surface area (Å²) in [5.41, 5.74) is 4.88. The van der Waals surface area contributed by atoms with Crippen LogP contribution < -0.4 is 10.6 Å². The fourth-order valence-electron chi connectivity index (χ4n) is 9.15. The van der Waals surface area contributed by atoms with Gasteiger partial charge in [-0.1, -0.05) is 73.7 Å². The van der Waals surface area contributed by atoms with Gasteiger partial charge in [-0.05, 0) is 99.1 Å². The average Bonchev–Trinajstić information content (AvgIpc) is 3.05. The Morgan fingerprint density at radius 2 is 1.50 bits per heavy atom. The van der Waals surface area contributed by atoms with E-state index in [2.05, 4.69) is 72.8 Å². The highest BCUT2D eigenvalue weighted by Gasteiger charge is 2.51. The van der Waals surface area contributed by atoms with Crippen molar-refractivity contribution in [2.45, 2.75) is 89.1 Å². The first-order chi connectivity index (χ1) is 22.3. The maximum atomic E-state index is 13.2. The van der Waals surface area contributed by atoms with Gasteiger partial charge in [-0.3, -0.25) is 4.90 Å². The van der Waals surface area contributed by atoms with Crippen LogP contribution in [0, 0.1) is 23.7 Å². The Hall–Kier alpha value is -3.23. The van der Waals surface area contributed by atoms with E-state index in [1.54, 1.807) is 0 Å². The minimum Gasteiger partial charge on any atom is -0.392 e. The Kier molecular flexibility index (Phi) is 8.94. The quantitative estimate of drug-likeness (QED) is 0.227. The zero-order valence-corrected chi connectivity index (χ0v) is 27.4. The van der Waals surface area contributed by atoms with E-state index in [9.17, 15) is 9.90 Å². The van der Waals surface area contributed by atoms with Crippen LogP contribution in [-0.4, -0.2) is 41.3 Å². The van der Waals surface area contributed by atoms with Crippen molar-refractivity contribution in [3.63, 3.8) is 0 Å². The fourth-order valence-corrected chi connectivity index (χ4v) is 9.15. The highest BCUT2D eigenvalue weighted by Crippen LogP contribution is 2.55. The molecule has 3 N–H and O–H groups in total. The van der Waals surface area contributed by atoms with Gasteiger partial charge < -0.3 is 25.2 Å². The maximum Gasteiger partial charge on any atom is 0.319 e. The average molecular weight is 624 g/mol. The van der Waals surface area contributed by atoms with Crippen molar-refractivity contribution >= 4 is 11.7 Å². The number of ether oxygens (including phenoxy) is 2. The van der Waals surface area contributed by atoms with Crippen LogP contribution in [-0.2, 0) is 16.1 Å². The molecule has 3 aromatic rings. The van der Waals surface area contributed by atoms with Gasteiger partial charge in [-0.15, -0.1) is 0 Å². The zero-order chi connectivity index (χ0) is 31.8. The summed E-state index contributed by atoms with van der Waals surface area (Å²) in [5.74, 6) is 2.44. The minimum absolute atomic E-state index is 0.0127. The number of nitrogens with zero attached hydrogens (tertiary/aromatic N) is 1. The number of likely N-dealkylation sites (N-methyl/N-ethyl adjacent to an activating group) is 1. The molecule has 244 valence electrons. The van der Waals surface area contributed by atoms with Crippen molar-refractivity contribution in [2.75, 3.05) is 18.9 Å². The van der Waals surface area contributed by atoms with Crippen molar-refractivity contribution in [1.82, 2.24) is 10.2 Å². The number of rotatable bonds is 9. The maximum absolute atomic E-state index is 13.2. The molecule has 7 nitrogen and oxygen atoms in total. The third-order valence-corrected chi connectivity index (χ3v) is 11.4. The Morgan fingerprint density at radius 3 is 2.11 bits per heavy atom. The van der Waals surface area contributed by atoms with Gasteiger partial charge in [0, 0.05) is 35.3 Å². The number of aliphatic hydroxyl groups is 1. The molecule has 5 fully saturated rings. The third kappa shape index (κ3) is 6.61. The summed E-state index contributed by atoms with van der Waals surface area (Å²) in [5, 5.41) is 16.1. The molecule has 1 heterocycles. The lowest BCUT2D eigenvalue weighted by Gasteiger charge is -2.56. The van der Waals surface area contributed by atoms with Gasteiger partial charge in [-0.25, -0.2) is 4.79 Å². The number of nitrogens with one attached hydrogen (secondary N) is 2. The molecule has 7 heteroatoms. The zero-order valence-electron chi connectivity index (χ0n) is 27.4. The van der Waals surface area contributed by atoms with Gasteiger partial charge in [0.1, 0.15) is 0 Å². The predicted octanol–water partition coefficient (Wildman–Crippen LogP) is 7.75. The van der Waals surface area contributed by atoms with Crippen LogP contribution in [0.1, 0.15) is 93.1 Å². The second kappa shape index (κ2) is 13.1. The first kappa shape index (κ1) is 31.4. The Labute approximate surface area is 273 Å². The summed E-state index contributed by atoms with van der Waals surface area (Å²) in [7, 11) is 2.15. The number of amides is 2. The summed E-state index contributed by atoms with van der Waals surface area (Å²) in [6.45, 7) is 5.18. The lowest BCUT2D eigenvalue weighted by molar-refractivity contribution is -0.276. The van der Waals surface area contributed by atoms with E-state index in [0.717, 1.165) is 65.9 Å². The lowest BCUT2D eigenvalue weighted by atomic mass is 9.53. The summed E-state index contributed by atoms with van der Waals surface area (Å²) in [6.07, 6.45) is 6.63. The number of hydrogen-bond donors (Lipinski definition) is 3. The topological polar surface area (TPSA) is 83.1 Å². The molecule has 0 radical (unpaired) electrons. The van der Waals surface area contributed by atoms with E-state index in [-0.39, 0.29) is 42.3 Å². The molecule has 0 aromatic heterocycles. The van der Waals surface area contributed by atoms with Crippen molar-refractivity contribution < 1.29 is 19.4 Å². The van der Waals surface area contributed by atoms with E-state index in [4.69, 9.17) is 9.47 Å².